The van der Waals surface area contributed by atoms with Gasteiger partial charge in [-0.3, -0.25) is 28.8 Å². The number of rotatable bonds is 19. The molecule has 0 spiro atoms. The number of nitrogens with two attached hydrogens (primary N) is 2. The predicted molar refractivity (Wildman–Crippen MR) is 190 cm³/mol. The number of carboxylic acid groups (broad SMARTS) is 1. The molecule has 284 valence electrons. The smallest absolute Gasteiger partial charge is 0.325 e. The SMILES string of the molecule is C[C@H](NC(=O)[C@H](CCCCN)NC(=O)[C@@H]1CCCN1C(=O)[C@@H](NC(=O)[C@H](Cc1ccc(O)cc1)NC(=O)[C@@H](N)Cc1ccccc1)[C@@H](C)O)C(=O)O. The number of phenolic OH excluding ortho intramolecular Hbond substituents is 1. The molecule has 2 aromatic rings. The maximum absolute atomic E-state index is 13.9. The number of likely N-dealkylation sites (tertiary alicyclic amines) is 1. The highest BCUT2D eigenvalue weighted by Gasteiger charge is 2.41. The molecule has 3 rings (SSSR count). The van der Waals surface area contributed by atoms with Gasteiger partial charge in [-0.05, 0) is 82.2 Å². The Morgan fingerprint density at radius 2 is 1.46 bits per heavy atom. The highest BCUT2D eigenvalue weighted by atomic mass is 16.4. The van der Waals surface area contributed by atoms with Crippen molar-refractivity contribution in [2.75, 3.05) is 13.1 Å². The van der Waals surface area contributed by atoms with Crippen molar-refractivity contribution in [1.29, 1.82) is 0 Å². The minimum Gasteiger partial charge on any atom is -0.508 e. The van der Waals surface area contributed by atoms with Gasteiger partial charge in [0.25, 0.3) is 0 Å². The fourth-order valence-corrected chi connectivity index (χ4v) is 5.85. The number of amides is 5. The summed E-state index contributed by atoms with van der Waals surface area (Å²) in [4.78, 5) is 79.9. The van der Waals surface area contributed by atoms with Crippen molar-refractivity contribution in [2.45, 2.75) is 101 Å². The third-order valence-electron chi connectivity index (χ3n) is 8.84. The minimum atomic E-state index is -1.52. The van der Waals surface area contributed by atoms with Crippen LogP contribution in [0.3, 0.4) is 0 Å². The summed E-state index contributed by atoms with van der Waals surface area (Å²) in [6.45, 7) is 3.07. The molecule has 1 saturated heterocycles. The number of carboxylic acids is 1. The average molecular weight is 726 g/mol. The van der Waals surface area contributed by atoms with Crippen LogP contribution in [0.2, 0.25) is 0 Å². The molecule has 0 aromatic heterocycles. The van der Waals surface area contributed by atoms with Gasteiger partial charge in [-0.15, -0.1) is 0 Å². The maximum atomic E-state index is 13.9. The van der Waals surface area contributed by atoms with Crippen LogP contribution < -0.4 is 32.7 Å². The monoisotopic (exact) mass is 725 g/mol. The standard InChI is InChI=1S/C36H51N7O9/c1-21(36(51)52)39-32(47)27(11-6-7-17-37)40-34(49)29-12-8-18-43(29)35(50)30(22(2)44)42-33(48)28(20-24-13-15-25(45)16-14-24)41-31(46)26(38)19-23-9-4-3-5-10-23/h3-5,9-10,13-16,21-22,26-30,44-45H,6-8,11-12,17-20,37-38H2,1-2H3,(H,39,47)(H,40,49)(H,41,46)(H,42,48)(H,51,52)/t21-,22+,26-,27-,28-,29-,30-/m0/s1. The first kappa shape index (κ1) is 41.4. The van der Waals surface area contributed by atoms with Crippen LogP contribution in [0.4, 0.5) is 0 Å². The van der Waals surface area contributed by atoms with Gasteiger partial charge in [0.1, 0.15) is 36.0 Å². The van der Waals surface area contributed by atoms with E-state index in [-0.39, 0.29) is 38.0 Å². The molecule has 0 bridgehead atoms. The highest BCUT2D eigenvalue weighted by Crippen LogP contribution is 2.20. The maximum Gasteiger partial charge on any atom is 0.325 e. The number of aliphatic carboxylic acids is 1. The number of phenols is 1. The molecule has 16 heteroatoms. The van der Waals surface area contributed by atoms with Crippen molar-refractivity contribution in [2.24, 2.45) is 11.5 Å². The lowest BCUT2D eigenvalue weighted by Crippen LogP contribution is -2.61. The normalized spacial score (nSPS) is 17.5. The van der Waals surface area contributed by atoms with E-state index < -0.39 is 77.9 Å². The van der Waals surface area contributed by atoms with Gasteiger partial charge in [0.2, 0.25) is 29.5 Å². The van der Waals surface area contributed by atoms with E-state index in [1.807, 2.05) is 30.3 Å². The number of nitrogens with one attached hydrogen (secondary N) is 4. The van der Waals surface area contributed by atoms with E-state index in [0.29, 0.717) is 31.4 Å². The van der Waals surface area contributed by atoms with Crippen molar-refractivity contribution in [3.8, 4) is 5.75 Å². The van der Waals surface area contributed by atoms with E-state index in [9.17, 15) is 44.1 Å². The first-order chi connectivity index (χ1) is 24.7. The molecule has 0 saturated carbocycles. The number of hydrogen-bond donors (Lipinski definition) is 9. The molecule has 16 nitrogen and oxygen atoms in total. The first-order valence-electron chi connectivity index (χ1n) is 17.4. The topological polar surface area (TPSA) is 267 Å². The van der Waals surface area contributed by atoms with Crippen LogP contribution in [0.5, 0.6) is 5.75 Å². The molecular weight excluding hydrogens is 674 g/mol. The molecule has 5 amide bonds. The second kappa shape index (κ2) is 20.1. The van der Waals surface area contributed by atoms with Crippen molar-refractivity contribution < 1.29 is 44.1 Å². The third kappa shape index (κ3) is 12.3. The van der Waals surface area contributed by atoms with Gasteiger partial charge in [-0.25, -0.2) is 0 Å². The zero-order chi connectivity index (χ0) is 38.4. The van der Waals surface area contributed by atoms with Gasteiger partial charge in [0, 0.05) is 13.0 Å². The van der Waals surface area contributed by atoms with Crippen molar-refractivity contribution >= 4 is 35.5 Å². The van der Waals surface area contributed by atoms with E-state index in [1.165, 1.54) is 30.9 Å². The summed E-state index contributed by atoms with van der Waals surface area (Å²) in [5.41, 5.74) is 13.2. The summed E-state index contributed by atoms with van der Waals surface area (Å²) < 4.78 is 0. The van der Waals surface area contributed by atoms with Crippen LogP contribution >= 0.6 is 0 Å². The number of aliphatic hydroxyl groups is 1. The number of unbranched alkanes of at least 4 members (excludes halogenated alkanes) is 1. The van der Waals surface area contributed by atoms with Crippen LogP contribution in [0, 0.1) is 0 Å². The zero-order valence-electron chi connectivity index (χ0n) is 29.5. The summed E-state index contributed by atoms with van der Waals surface area (Å²) in [6, 6.07) is 7.95. The Morgan fingerprint density at radius 1 is 0.827 bits per heavy atom. The van der Waals surface area contributed by atoms with Crippen LogP contribution in [0.1, 0.15) is 57.1 Å². The van der Waals surface area contributed by atoms with Gasteiger partial charge in [0.15, 0.2) is 0 Å². The van der Waals surface area contributed by atoms with Crippen LogP contribution in [0.25, 0.3) is 0 Å². The third-order valence-corrected chi connectivity index (χ3v) is 8.84. The molecule has 2 aromatic carbocycles. The number of benzene rings is 2. The number of carbonyl (C=O) groups excluding carboxylic acids is 5. The van der Waals surface area contributed by atoms with Crippen LogP contribution in [0.15, 0.2) is 54.6 Å². The molecule has 0 aliphatic carbocycles. The van der Waals surface area contributed by atoms with E-state index in [1.54, 1.807) is 12.1 Å². The Morgan fingerprint density at radius 3 is 2.08 bits per heavy atom. The number of nitrogens with zero attached hydrogens (tertiary/aromatic N) is 1. The molecule has 1 heterocycles. The Hall–Kier alpha value is -5.06. The van der Waals surface area contributed by atoms with Gasteiger partial charge >= 0.3 is 5.97 Å². The fraction of sp³-hybridized carbons (Fsp3) is 0.500. The molecule has 11 N–H and O–H groups in total. The van der Waals surface area contributed by atoms with Crippen molar-refractivity contribution in [3.05, 3.63) is 65.7 Å². The molecule has 1 aliphatic heterocycles. The molecule has 7 atom stereocenters. The summed E-state index contributed by atoms with van der Waals surface area (Å²) in [5, 5.41) is 39.9. The summed E-state index contributed by atoms with van der Waals surface area (Å²) >= 11 is 0. The van der Waals surface area contributed by atoms with Crippen molar-refractivity contribution in [1.82, 2.24) is 26.2 Å². The Bertz CT molecular complexity index is 1520. The first-order valence-corrected chi connectivity index (χ1v) is 17.4. The number of carbonyl (C=O) groups is 6. The summed E-state index contributed by atoms with van der Waals surface area (Å²) in [5.74, 6) is -4.77. The summed E-state index contributed by atoms with van der Waals surface area (Å²) in [6.07, 6.45) is 0.601. The van der Waals surface area contributed by atoms with E-state index in [4.69, 9.17) is 11.5 Å². The molecular formula is C36H51N7O9. The quantitative estimate of drug-likeness (QED) is 0.0797. The van der Waals surface area contributed by atoms with Crippen LogP contribution in [-0.4, -0.2) is 111 Å². The van der Waals surface area contributed by atoms with Gasteiger partial charge in [0.05, 0.1) is 12.1 Å². The Balaban J connectivity index is 1.77. The van der Waals surface area contributed by atoms with Crippen LogP contribution in [-0.2, 0) is 41.6 Å². The number of aliphatic hydroxyl groups excluding tert-OH is 1. The van der Waals surface area contributed by atoms with Gasteiger partial charge in [-0.1, -0.05) is 42.5 Å². The molecule has 1 aliphatic rings. The fourth-order valence-electron chi connectivity index (χ4n) is 5.85. The summed E-state index contributed by atoms with van der Waals surface area (Å²) in [7, 11) is 0. The molecule has 0 radical (unpaired) electrons. The number of aromatic hydroxyl groups is 1. The lowest BCUT2D eigenvalue weighted by atomic mass is 10.0. The second-order valence-corrected chi connectivity index (χ2v) is 13.1. The lowest BCUT2D eigenvalue weighted by Gasteiger charge is -2.32. The molecule has 52 heavy (non-hydrogen) atoms. The molecule has 0 unspecified atom stereocenters. The largest absolute Gasteiger partial charge is 0.508 e. The molecule has 1 fully saturated rings. The van der Waals surface area contributed by atoms with Gasteiger partial charge < -0.3 is 53.0 Å². The average Bonchev–Trinajstić information content (AvgIpc) is 3.61. The number of hydrogen-bond acceptors (Lipinski definition) is 10. The Labute approximate surface area is 302 Å². The van der Waals surface area contributed by atoms with E-state index in [2.05, 4.69) is 21.3 Å². The Kier molecular flexibility index (Phi) is 16.0. The highest BCUT2D eigenvalue weighted by molar-refractivity contribution is 5.97. The zero-order valence-corrected chi connectivity index (χ0v) is 29.5. The minimum absolute atomic E-state index is 0.0000287. The second-order valence-electron chi connectivity index (χ2n) is 13.1. The van der Waals surface area contributed by atoms with Gasteiger partial charge in [-0.2, -0.15) is 0 Å². The van der Waals surface area contributed by atoms with Crippen molar-refractivity contribution in [3.63, 3.8) is 0 Å². The predicted octanol–water partition coefficient (Wildman–Crippen LogP) is -0.951. The lowest BCUT2D eigenvalue weighted by molar-refractivity contribution is -0.145. The van der Waals surface area contributed by atoms with E-state index >= 15 is 0 Å². The van der Waals surface area contributed by atoms with E-state index in [0.717, 1.165) is 5.56 Å².